The van der Waals surface area contributed by atoms with E-state index in [1.165, 1.54) is 18.4 Å². The molecule has 0 aromatic carbocycles. The van der Waals surface area contributed by atoms with Gasteiger partial charge in [0.15, 0.2) is 0 Å². The third-order valence-electron chi connectivity index (χ3n) is 3.47. The molecule has 0 bridgehead atoms. The molecule has 17 heavy (non-hydrogen) atoms. The molecule has 3 nitrogen and oxygen atoms in total. The lowest BCUT2D eigenvalue weighted by Gasteiger charge is -2.18. The van der Waals surface area contributed by atoms with Gasteiger partial charge in [-0.15, -0.1) is 0 Å². The Labute approximate surface area is 104 Å². The summed E-state index contributed by atoms with van der Waals surface area (Å²) in [6.45, 7) is 6.15. The summed E-state index contributed by atoms with van der Waals surface area (Å²) in [4.78, 5) is 0. The minimum Gasteiger partial charge on any atom is -0.467 e. The minimum atomic E-state index is 0.333. The van der Waals surface area contributed by atoms with Crippen LogP contribution in [0.1, 0.15) is 50.0 Å². The molecule has 1 N–H and O–H groups in total. The van der Waals surface area contributed by atoms with E-state index >= 15 is 0 Å². The molecule has 0 aliphatic carbocycles. The van der Waals surface area contributed by atoms with Crippen LogP contribution in [0.2, 0.25) is 0 Å². The predicted molar refractivity (Wildman–Crippen MR) is 68.1 cm³/mol. The fraction of sp³-hybridized carbons (Fsp3) is 0.714. The number of hydrogen-bond acceptors (Lipinski definition) is 3. The van der Waals surface area contributed by atoms with Crippen LogP contribution in [0.15, 0.2) is 16.7 Å². The smallest absolute Gasteiger partial charge is 0.123 e. The molecule has 0 amide bonds. The summed E-state index contributed by atoms with van der Waals surface area (Å²) in [5.41, 5.74) is 1.24. The zero-order valence-electron chi connectivity index (χ0n) is 10.9. The second-order valence-corrected chi connectivity index (χ2v) is 4.79. The highest BCUT2D eigenvalue weighted by atomic mass is 16.5. The first-order valence-electron chi connectivity index (χ1n) is 6.70. The van der Waals surface area contributed by atoms with Gasteiger partial charge in [0.25, 0.3) is 0 Å². The lowest BCUT2D eigenvalue weighted by Crippen LogP contribution is -2.22. The van der Waals surface area contributed by atoms with Crippen molar-refractivity contribution in [1.29, 1.82) is 0 Å². The first kappa shape index (κ1) is 12.7. The van der Waals surface area contributed by atoms with Crippen molar-refractivity contribution in [2.24, 2.45) is 0 Å². The number of nitrogens with one attached hydrogen (secondary N) is 1. The zero-order chi connectivity index (χ0) is 12.1. The van der Waals surface area contributed by atoms with Gasteiger partial charge >= 0.3 is 0 Å². The van der Waals surface area contributed by atoms with Crippen LogP contribution in [-0.4, -0.2) is 19.3 Å². The van der Waals surface area contributed by atoms with E-state index in [1.807, 2.05) is 6.07 Å². The van der Waals surface area contributed by atoms with Gasteiger partial charge in [0.05, 0.1) is 18.4 Å². The van der Waals surface area contributed by atoms with E-state index in [0.717, 1.165) is 31.8 Å². The maximum Gasteiger partial charge on any atom is 0.123 e. The first-order chi connectivity index (χ1) is 8.31. The average Bonchev–Trinajstić information content (AvgIpc) is 2.95. The molecule has 1 aliphatic heterocycles. The van der Waals surface area contributed by atoms with Crippen molar-refractivity contribution < 1.29 is 9.15 Å². The summed E-state index contributed by atoms with van der Waals surface area (Å²) in [6, 6.07) is 2.37. The fourth-order valence-electron chi connectivity index (χ4n) is 2.54. The van der Waals surface area contributed by atoms with Crippen molar-refractivity contribution in [3.8, 4) is 0 Å². The van der Waals surface area contributed by atoms with Gasteiger partial charge in [-0.1, -0.05) is 6.92 Å². The van der Waals surface area contributed by atoms with E-state index in [9.17, 15) is 0 Å². The summed E-state index contributed by atoms with van der Waals surface area (Å²) >= 11 is 0. The lowest BCUT2D eigenvalue weighted by atomic mass is 10.0. The van der Waals surface area contributed by atoms with Gasteiger partial charge in [0.1, 0.15) is 5.76 Å². The highest BCUT2D eigenvalue weighted by molar-refractivity contribution is 5.18. The molecular formula is C14H23NO2. The van der Waals surface area contributed by atoms with Gasteiger partial charge in [-0.05, 0) is 50.8 Å². The molecule has 1 aliphatic rings. The van der Waals surface area contributed by atoms with Crippen LogP contribution >= 0.6 is 0 Å². The molecule has 1 aromatic rings. The van der Waals surface area contributed by atoms with Crippen molar-refractivity contribution in [2.45, 2.75) is 51.7 Å². The van der Waals surface area contributed by atoms with E-state index in [4.69, 9.17) is 9.15 Å². The quantitative estimate of drug-likeness (QED) is 0.825. The van der Waals surface area contributed by atoms with Gasteiger partial charge in [-0.2, -0.15) is 0 Å². The molecule has 2 atom stereocenters. The summed E-state index contributed by atoms with van der Waals surface area (Å²) in [6.07, 6.45) is 6.89. The summed E-state index contributed by atoms with van der Waals surface area (Å²) in [7, 11) is 0. The SMILES string of the molecule is CCNC(CCC1CCCO1)c1occc1C. The van der Waals surface area contributed by atoms with Crippen LogP contribution in [-0.2, 0) is 4.74 Å². The monoisotopic (exact) mass is 237 g/mol. The van der Waals surface area contributed by atoms with Crippen molar-refractivity contribution in [3.63, 3.8) is 0 Å². The Hall–Kier alpha value is -0.800. The molecule has 2 rings (SSSR count). The first-order valence-corrected chi connectivity index (χ1v) is 6.70. The molecule has 2 unspecified atom stereocenters. The highest BCUT2D eigenvalue weighted by Crippen LogP contribution is 2.26. The van der Waals surface area contributed by atoms with Gasteiger partial charge in [0, 0.05) is 6.61 Å². The Bertz CT molecular complexity index is 329. The van der Waals surface area contributed by atoms with E-state index in [0.29, 0.717) is 12.1 Å². The second-order valence-electron chi connectivity index (χ2n) is 4.79. The minimum absolute atomic E-state index is 0.333. The fourth-order valence-corrected chi connectivity index (χ4v) is 2.54. The Kier molecular flexibility index (Phi) is 4.63. The molecule has 1 fully saturated rings. The van der Waals surface area contributed by atoms with Gasteiger partial charge in [-0.3, -0.25) is 0 Å². The number of furan rings is 1. The van der Waals surface area contributed by atoms with Crippen LogP contribution in [0, 0.1) is 6.92 Å². The molecule has 1 saturated heterocycles. The molecule has 2 heterocycles. The van der Waals surface area contributed by atoms with Crippen LogP contribution in [0.5, 0.6) is 0 Å². The van der Waals surface area contributed by atoms with Gasteiger partial charge in [0.2, 0.25) is 0 Å². The normalized spacial score (nSPS) is 21.9. The van der Waals surface area contributed by atoms with E-state index in [1.54, 1.807) is 6.26 Å². The van der Waals surface area contributed by atoms with Crippen molar-refractivity contribution in [2.75, 3.05) is 13.2 Å². The maximum atomic E-state index is 5.67. The van der Waals surface area contributed by atoms with E-state index in [-0.39, 0.29) is 0 Å². The number of aryl methyl sites for hydroxylation is 1. The van der Waals surface area contributed by atoms with Crippen molar-refractivity contribution in [1.82, 2.24) is 5.32 Å². The number of hydrogen-bond donors (Lipinski definition) is 1. The standard InChI is InChI=1S/C14H23NO2/c1-3-15-13(14-11(2)8-10-17-14)7-6-12-5-4-9-16-12/h8,10,12-13,15H,3-7,9H2,1-2H3. The third-order valence-corrected chi connectivity index (χ3v) is 3.47. The van der Waals surface area contributed by atoms with Crippen LogP contribution < -0.4 is 5.32 Å². The Morgan fingerprint density at radius 2 is 2.41 bits per heavy atom. The largest absolute Gasteiger partial charge is 0.467 e. The van der Waals surface area contributed by atoms with Crippen molar-refractivity contribution >= 4 is 0 Å². The summed E-state index contributed by atoms with van der Waals surface area (Å²) in [5, 5.41) is 3.50. The van der Waals surface area contributed by atoms with Crippen LogP contribution in [0.3, 0.4) is 0 Å². The van der Waals surface area contributed by atoms with Crippen molar-refractivity contribution in [3.05, 3.63) is 23.7 Å². The number of ether oxygens (including phenoxy) is 1. The summed E-state index contributed by atoms with van der Waals surface area (Å²) < 4.78 is 11.3. The zero-order valence-corrected chi connectivity index (χ0v) is 10.9. The lowest BCUT2D eigenvalue weighted by molar-refractivity contribution is 0.0988. The molecule has 0 radical (unpaired) electrons. The van der Waals surface area contributed by atoms with Gasteiger partial charge < -0.3 is 14.5 Å². The van der Waals surface area contributed by atoms with Crippen LogP contribution in [0.25, 0.3) is 0 Å². The third kappa shape index (κ3) is 3.33. The molecule has 1 aromatic heterocycles. The maximum absolute atomic E-state index is 5.67. The summed E-state index contributed by atoms with van der Waals surface area (Å²) in [5.74, 6) is 1.09. The Morgan fingerprint density at radius 3 is 3.00 bits per heavy atom. The highest BCUT2D eigenvalue weighted by Gasteiger charge is 2.20. The predicted octanol–water partition coefficient (Wildman–Crippen LogP) is 3.20. The average molecular weight is 237 g/mol. The van der Waals surface area contributed by atoms with E-state index in [2.05, 4.69) is 19.2 Å². The van der Waals surface area contributed by atoms with E-state index < -0.39 is 0 Å². The van der Waals surface area contributed by atoms with Crippen LogP contribution in [0.4, 0.5) is 0 Å². The van der Waals surface area contributed by atoms with Gasteiger partial charge in [-0.25, -0.2) is 0 Å². The molecule has 0 spiro atoms. The Morgan fingerprint density at radius 1 is 1.53 bits per heavy atom. The topological polar surface area (TPSA) is 34.4 Å². The Balaban J connectivity index is 1.90. The molecule has 3 heteroatoms. The molecular weight excluding hydrogens is 214 g/mol. The number of rotatable bonds is 6. The second kappa shape index (κ2) is 6.22. The molecule has 96 valence electrons. The molecule has 0 saturated carbocycles.